The smallest absolute Gasteiger partial charge is 0.161 e. The fraction of sp³-hybridized carbons (Fsp3) is 0.333. The van der Waals surface area contributed by atoms with Gasteiger partial charge in [0.25, 0.3) is 0 Å². The Kier molecular flexibility index (Phi) is 4.20. The van der Waals surface area contributed by atoms with E-state index < -0.39 is 0 Å². The summed E-state index contributed by atoms with van der Waals surface area (Å²) in [5.74, 6) is 1.58. The average Bonchev–Trinajstić information content (AvgIpc) is 2.60. The molecule has 1 unspecified atom stereocenters. The molecule has 1 atom stereocenters. The lowest BCUT2D eigenvalue weighted by Gasteiger charge is -2.28. The van der Waals surface area contributed by atoms with Gasteiger partial charge in [-0.25, -0.2) is 0 Å². The third-order valence-electron chi connectivity index (χ3n) is 4.23. The van der Waals surface area contributed by atoms with Crippen molar-refractivity contribution in [1.29, 1.82) is 0 Å². The van der Waals surface area contributed by atoms with Gasteiger partial charge in [0.05, 0.1) is 20.3 Å². The van der Waals surface area contributed by atoms with E-state index >= 15 is 0 Å². The van der Waals surface area contributed by atoms with Crippen molar-refractivity contribution in [2.45, 2.75) is 12.5 Å². The van der Waals surface area contributed by atoms with Crippen LogP contribution in [0.2, 0.25) is 0 Å². The molecular weight excluding hydrogens is 276 g/mol. The summed E-state index contributed by atoms with van der Waals surface area (Å²) in [6, 6.07) is 12.9. The van der Waals surface area contributed by atoms with Crippen LogP contribution in [-0.2, 0) is 6.42 Å². The highest BCUT2D eigenvalue weighted by molar-refractivity contribution is 5.53. The van der Waals surface area contributed by atoms with Gasteiger partial charge in [0.15, 0.2) is 11.5 Å². The maximum atomic E-state index is 5.46. The molecule has 0 radical (unpaired) electrons. The Morgan fingerprint density at radius 1 is 1.05 bits per heavy atom. The number of nitrogens with one attached hydrogen (secondary N) is 2. The van der Waals surface area contributed by atoms with Crippen molar-refractivity contribution in [3.05, 3.63) is 53.1 Å². The van der Waals surface area contributed by atoms with E-state index in [1.54, 1.807) is 14.2 Å². The largest absolute Gasteiger partial charge is 0.493 e. The molecule has 0 aromatic heterocycles. The third-order valence-corrected chi connectivity index (χ3v) is 4.23. The molecule has 0 spiro atoms. The van der Waals surface area contributed by atoms with Crippen molar-refractivity contribution in [3.63, 3.8) is 0 Å². The van der Waals surface area contributed by atoms with E-state index in [9.17, 15) is 0 Å². The lowest BCUT2D eigenvalue weighted by molar-refractivity contribution is 0.353. The molecule has 0 fully saturated rings. The quantitative estimate of drug-likeness (QED) is 0.910. The van der Waals surface area contributed by atoms with Crippen LogP contribution < -0.4 is 20.1 Å². The molecule has 2 aromatic carbocycles. The number of rotatable bonds is 4. The van der Waals surface area contributed by atoms with Crippen LogP contribution in [0.25, 0.3) is 0 Å². The maximum absolute atomic E-state index is 5.46. The number of hydrogen-bond acceptors (Lipinski definition) is 4. The minimum absolute atomic E-state index is 0.189. The molecule has 4 heteroatoms. The first-order chi connectivity index (χ1) is 10.8. The first kappa shape index (κ1) is 14.7. The zero-order valence-corrected chi connectivity index (χ0v) is 13.3. The molecule has 1 aliphatic heterocycles. The molecule has 2 aromatic rings. The summed E-state index contributed by atoms with van der Waals surface area (Å²) in [6.45, 7) is 0.959. The average molecular weight is 298 g/mol. The standard InChI is InChI=1S/C18H22N2O2/c1-19-14-6-4-12(5-7-14)18-15-11-17(22-3)16(21-2)10-13(15)8-9-20-18/h4-7,10-11,18-20H,8-9H2,1-3H3. The fourth-order valence-corrected chi connectivity index (χ4v) is 3.02. The van der Waals surface area contributed by atoms with E-state index in [0.29, 0.717) is 0 Å². The highest BCUT2D eigenvalue weighted by Gasteiger charge is 2.23. The molecule has 0 amide bonds. The zero-order chi connectivity index (χ0) is 15.5. The first-order valence-corrected chi connectivity index (χ1v) is 7.52. The molecule has 3 rings (SSSR count). The first-order valence-electron chi connectivity index (χ1n) is 7.52. The molecule has 4 nitrogen and oxygen atoms in total. The van der Waals surface area contributed by atoms with Gasteiger partial charge in [-0.1, -0.05) is 12.1 Å². The van der Waals surface area contributed by atoms with E-state index in [-0.39, 0.29) is 6.04 Å². The Balaban J connectivity index is 2.02. The highest BCUT2D eigenvalue weighted by Crippen LogP contribution is 2.37. The fourth-order valence-electron chi connectivity index (χ4n) is 3.02. The van der Waals surface area contributed by atoms with Gasteiger partial charge in [0.2, 0.25) is 0 Å². The van der Waals surface area contributed by atoms with E-state index in [1.165, 1.54) is 16.7 Å². The molecule has 1 aliphatic rings. The van der Waals surface area contributed by atoms with Crippen LogP contribution in [0, 0.1) is 0 Å². The second kappa shape index (κ2) is 6.28. The lowest BCUT2D eigenvalue weighted by Crippen LogP contribution is -2.30. The molecule has 1 heterocycles. The van der Waals surface area contributed by atoms with Crippen LogP contribution in [0.5, 0.6) is 11.5 Å². The number of hydrogen-bond donors (Lipinski definition) is 2. The monoisotopic (exact) mass is 298 g/mol. The summed E-state index contributed by atoms with van der Waals surface area (Å²) < 4.78 is 10.9. The number of methoxy groups -OCH3 is 2. The summed E-state index contributed by atoms with van der Waals surface area (Å²) in [7, 11) is 5.29. The second-order valence-electron chi connectivity index (χ2n) is 5.42. The molecule has 0 saturated heterocycles. The van der Waals surface area contributed by atoms with E-state index in [2.05, 4.69) is 47.0 Å². The van der Waals surface area contributed by atoms with Crippen LogP contribution in [0.1, 0.15) is 22.7 Å². The van der Waals surface area contributed by atoms with Crippen molar-refractivity contribution in [1.82, 2.24) is 5.32 Å². The summed E-state index contributed by atoms with van der Waals surface area (Å²) in [5.41, 5.74) is 4.96. The lowest BCUT2D eigenvalue weighted by atomic mass is 9.89. The van der Waals surface area contributed by atoms with Gasteiger partial charge in [0.1, 0.15) is 0 Å². The molecule has 0 aliphatic carbocycles. The van der Waals surface area contributed by atoms with Crippen molar-refractivity contribution in [2.75, 3.05) is 33.1 Å². The minimum atomic E-state index is 0.189. The van der Waals surface area contributed by atoms with Gasteiger partial charge >= 0.3 is 0 Å². The van der Waals surface area contributed by atoms with Crippen molar-refractivity contribution >= 4 is 5.69 Å². The van der Waals surface area contributed by atoms with Gasteiger partial charge < -0.3 is 20.1 Å². The Hall–Kier alpha value is -2.20. The van der Waals surface area contributed by atoms with Gasteiger partial charge in [-0.15, -0.1) is 0 Å². The molecule has 116 valence electrons. The highest BCUT2D eigenvalue weighted by atomic mass is 16.5. The topological polar surface area (TPSA) is 42.5 Å². The van der Waals surface area contributed by atoms with Gasteiger partial charge in [-0.2, -0.15) is 0 Å². The molecule has 0 bridgehead atoms. The van der Waals surface area contributed by atoms with Crippen LogP contribution in [-0.4, -0.2) is 27.8 Å². The van der Waals surface area contributed by atoms with E-state index in [0.717, 1.165) is 30.2 Å². The predicted molar refractivity (Wildman–Crippen MR) is 89.1 cm³/mol. The Labute approximate surface area is 131 Å². The number of ether oxygens (including phenoxy) is 2. The summed E-state index contributed by atoms with van der Waals surface area (Å²) in [4.78, 5) is 0. The van der Waals surface area contributed by atoms with Gasteiger partial charge in [0, 0.05) is 19.3 Å². The van der Waals surface area contributed by atoms with Crippen molar-refractivity contribution < 1.29 is 9.47 Å². The van der Waals surface area contributed by atoms with Crippen LogP contribution in [0.3, 0.4) is 0 Å². The summed E-state index contributed by atoms with van der Waals surface area (Å²) in [5, 5.41) is 6.75. The van der Waals surface area contributed by atoms with Gasteiger partial charge in [-0.3, -0.25) is 0 Å². The Bertz CT molecular complexity index is 653. The summed E-state index contributed by atoms with van der Waals surface area (Å²) in [6.07, 6.45) is 1.00. The number of anilines is 1. The van der Waals surface area contributed by atoms with Crippen molar-refractivity contribution in [2.24, 2.45) is 0 Å². The molecule has 0 saturated carbocycles. The van der Waals surface area contributed by atoms with Crippen LogP contribution >= 0.6 is 0 Å². The van der Waals surface area contributed by atoms with Crippen molar-refractivity contribution in [3.8, 4) is 11.5 Å². The second-order valence-corrected chi connectivity index (χ2v) is 5.42. The Morgan fingerprint density at radius 3 is 2.36 bits per heavy atom. The maximum Gasteiger partial charge on any atom is 0.161 e. The molecule has 22 heavy (non-hydrogen) atoms. The Morgan fingerprint density at radius 2 is 1.73 bits per heavy atom. The van der Waals surface area contributed by atoms with Crippen LogP contribution in [0.15, 0.2) is 36.4 Å². The molecular formula is C18H22N2O2. The number of fused-ring (bicyclic) bond motifs is 1. The zero-order valence-electron chi connectivity index (χ0n) is 13.3. The number of benzene rings is 2. The van der Waals surface area contributed by atoms with Gasteiger partial charge in [-0.05, 0) is 47.4 Å². The van der Waals surface area contributed by atoms with E-state index in [1.807, 2.05) is 7.05 Å². The molecule has 2 N–H and O–H groups in total. The van der Waals surface area contributed by atoms with E-state index in [4.69, 9.17) is 9.47 Å². The summed E-state index contributed by atoms with van der Waals surface area (Å²) >= 11 is 0. The third kappa shape index (κ3) is 2.62. The minimum Gasteiger partial charge on any atom is -0.493 e. The predicted octanol–water partition coefficient (Wildman–Crippen LogP) is 2.98. The SMILES string of the molecule is CNc1ccc(C2NCCc3cc(OC)c(OC)cc32)cc1. The van der Waals surface area contributed by atoms with Crippen LogP contribution in [0.4, 0.5) is 5.69 Å². The normalized spacial score (nSPS) is 16.8.